The van der Waals surface area contributed by atoms with Gasteiger partial charge >= 0.3 is 0 Å². The molecule has 1 aliphatic carbocycles. The van der Waals surface area contributed by atoms with Crippen molar-refractivity contribution in [2.75, 3.05) is 7.11 Å². The number of aryl methyl sites for hydroxylation is 1. The van der Waals surface area contributed by atoms with E-state index in [9.17, 15) is 5.11 Å². The highest BCUT2D eigenvalue weighted by molar-refractivity contribution is 5.94. The molecule has 0 aliphatic heterocycles. The van der Waals surface area contributed by atoms with E-state index in [1.165, 1.54) is 44.1 Å². The summed E-state index contributed by atoms with van der Waals surface area (Å²) in [5, 5.41) is 21.9. The average molecular weight is 608 g/mol. The highest BCUT2D eigenvalue weighted by Gasteiger charge is 2.25. The molecule has 1 aliphatic rings. The van der Waals surface area contributed by atoms with Crippen molar-refractivity contribution < 1.29 is 14.6 Å². The zero-order valence-corrected chi connectivity index (χ0v) is 27.3. The third-order valence-corrected chi connectivity index (χ3v) is 8.97. The van der Waals surface area contributed by atoms with Gasteiger partial charge in [0.1, 0.15) is 0 Å². The van der Waals surface area contributed by atoms with Gasteiger partial charge in [-0.25, -0.2) is 4.68 Å². The molecule has 1 fully saturated rings. The molecule has 1 saturated carbocycles. The van der Waals surface area contributed by atoms with Gasteiger partial charge in [0, 0.05) is 40.0 Å². The first-order chi connectivity index (χ1) is 21.7. The molecule has 8 heteroatoms. The fourth-order valence-corrected chi connectivity index (χ4v) is 6.57. The second-order valence-electron chi connectivity index (χ2n) is 12.6. The van der Waals surface area contributed by atoms with E-state index < -0.39 is 6.10 Å². The van der Waals surface area contributed by atoms with E-state index >= 15 is 0 Å². The Labute approximate surface area is 266 Å². The quantitative estimate of drug-likeness (QED) is 0.181. The number of pyridine rings is 1. The summed E-state index contributed by atoms with van der Waals surface area (Å²) < 4.78 is 7.80. The number of methoxy groups -OCH3 is 1. The number of ether oxygens (including phenoxy) is 1. The van der Waals surface area contributed by atoms with Crippen LogP contribution in [-0.4, -0.2) is 43.2 Å². The van der Waals surface area contributed by atoms with E-state index in [-0.39, 0.29) is 0 Å². The van der Waals surface area contributed by atoms with Gasteiger partial charge < -0.3 is 9.84 Å². The van der Waals surface area contributed by atoms with Crippen LogP contribution in [0.25, 0.3) is 27.8 Å². The topological polar surface area (TPSA) is 95.1 Å². The molecule has 5 aromatic rings. The van der Waals surface area contributed by atoms with E-state index in [1.54, 1.807) is 0 Å². The first-order valence-corrected chi connectivity index (χ1v) is 15.9. The largest absolute Gasteiger partial charge is 0.471 e. The molecule has 1 unspecified atom stereocenters. The summed E-state index contributed by atoms with van der Waals surface area (Å²) in [6.45, 7) is 11.9. The zero-order valence-electron chi connectivity index (χ0n) is 27.3. The van der Waals surface area contributed by atoms with Crippen LogP contribution in [0.4, 0.5) is 0 Å². The van der Waals surface area contributed by atoms with Crippen molar-refractivity contribution in [2.24, 2.45) is 5.92 Å². The van der Waals surface area contributed by atoms with Gasteiger partial charge in [0.15, 0.2) is 0 Å². The second kappa shape index (κ2) is 14.2. The highest BCUT2D eigenvalue weighted by Crippen LogP contribution is 2.38. The summed E-state index contributed by atoms with van der Waals surface area (Å²) in [4.78, 5) is 14.1. The van der Waals surface area contributed by atoms with E-state index in [0.29, 0.717) is 24.9 Å². The summed E-state index contributed by atoms with van der Waals surface area (Å²) in [5.74, 6) is 1.69. The first kappa shape index (κ1) is 32.1. The first-order valence-electron chi connectivity index (χ1n) is 15.9. The van der Waals surface area contributed by atoms with Crippen LogP contribution in [0.2, 0.25) is 0 Å². The standard InChI is InChI=1S/C35H41N5O.C2H4O2/c1-22(2)34-25(5)40(32-19-18-30(36-24(32)4)26-16-14-23(3)15-17-26)38-35(34)28-12-9-13-31-29(28)20-39(37-31)21-33(41)27-10-7-6-8-11-27;1-4-2-3/h6-13,18-20,22-23,26,33,41H,14-17,21H2,1-5H3;2H,1H3. The molecular formula is C37H45N5O3. The summed E-state index contributed by atoms with van der Waals surface area (Å²) >= 11 is 0. The van der Waals surface area contributed by atoms with Crippen LogP contribution in [0.3, 0.4) is 0 Å². The summed E-state index contributed by atoms with van der Waals surface area (Å²) in [7, 11) is 1.31. The number of carbonyl (C=O) groups excluding carboxylic acids is 1. The molecule has 1 atom stereocenters. The number of fused-ring (bicyclic) bond motifs is 1. The molecule has 3 heterocycles. The summed E-state index contributed by atoms with van der Waals surface area (Å²) in [5.41, 5.74) is 9.49. The van der Waals surface area contributed by atoms with Gasteiger partial charge in [-0.2, -0.15) is 10.2 Å². The maximum Gasteiger partial charge on any atom is 0.292 e. The molecule has 2 aromatic carbocycles. The lowest BCUT2D eigenvalue weighted by Crippen LogP contribution is -2.13. The van der Waals surface area contributed by atoms with E-state index in [2.05, 4.69) is 62.2 Å². The lowest BCUT2D eigenvalue weighted by Gasteiger charge is -2.26. The van der Waals surface area contributed by atoms with Gasteiger partial charge in [0.2, 0.25) is 0 Å². The lowest BCUT2D eigenvalue weighted by molar-refractivity contribution is -0.126. The third-order valence-electron chi connectivity index (χ3n) is 8.97. The Morgan fingerprint density at radius 3 is 2.33 bits per heavy atom. The van der Waals surface area contributed by atoms with Crippen LogP contribution in [0.5, 0.6) is 0 Å². The molecule has 0 spiro atoms. The van der Waals surface area contributed by atoms with Crippen LogP contribution >= 0.6 is 0 Å². The predicted molar refractivity (Wildman–Crippen MR) is 178 cm³/mol. The number of hydrogen-bond donors (Lipinski definition) is 1. The molecule has 0 saturated heterocycles. The second-order valence-corrected chi connectivity index (χ2v) is 12.6. The minimum Gasteiger partial charge on any atom is -0.471 e. The van der Waals surface area contributed by atoms with E-state index in [1.807, 2.05) is 53.3 Å². The molecule has 1 N–H and O–H groups in total. The predicted octanol–water partition coefficient (Wildman–Crippen LogP) is 7.84. The SMILES string of the molecule is COC=O.Cc1nc(C2CCC(C)CC2)ccc1-n1nc(-c2cccc3nn(CC(O)c4ccccc4)cc23)c(C(C)C)c1C. The Bertz CT molecular complexity index is 1730. The summed E-state index contributed by atoms with van der Waals surface area (Å²) in [6, 6.07) is 20.4. The molecule has 236 valence electrons. The number of nitrogens with zero attached hydrogens (tertiary/aromatic N) is 5. The molecule has 0 bridgehead atoms. The minimum absolute atomic E-state index is 0.292. The Kier molecular flexibility index (Phi) is 10.1. The van der Waals surface area contributed by atoms with Crippen molar-refractivity contribution >= 4 is 17.4 Å². The van der Waals surface area contributed by atoms with Gasteiger partial charge in [-0.3, -0.25) is 14.5 Å². The third kappa shape index (κ3) is 7.01. The Balaban J connectivity index is 0.000000945. The van der Waals surface area contributed by atoms with Gasteiger partial charge in [-0.15, -0.1) is 0 Å². The van der Waals surface area contributed by atoms with Gasteiger partial charge in [0.25, 0.3) is 6.47 Å². The molecule has 6 rings (SSSR count). The Morgan fingerprint density at radius 2 is 1.69 bits per heavy atom. The fourth-order valence-electron chi connectivity index (χ4n) is 6.57. The van der Waals surface area contributed by atoms with Crippen LogP contribution in [-0.2, 0) is 16.1 Å². The van der Waals surface area contributed by atoms with E-state index in [0.717, 1.165) is 50.7 Å². The Morgan fingerprint density at radius 1 is 0.978 bits per heavy atom. The number of carbonyl (C=O) groups is 1. The zero-order chi connectivity index (χ0) is 32.1. The number of aliphatic hydroxyl groups is 1. The normalized spacial score (nSPS) is 17.2. The number of aliphatic hydroxyl groups excluding tert-OH is 1. The van der Waals surface area contributed by atoms with Gasteiger partial charge in [-0.05, 0) is 62.3 Å². The lowest BCUT2D eigenvalue weighted by atomic mass is 9.81. The van der Waals surface area contributed by atoms with Crippen LogP contribution in [0, 0.1) is 19.8 Å². The van der Waals surface area contributed by atoms with Crippen molar-refractivity contribution in [2.45, 2.75) is 84.8 Å². The van der Waals surface area contributed by atoms with Crippen LogP contribution in [0.15, 0.2) is 66.9 Å². The maximum absolute atomic E-state index is 10.8. The van der Waals surface area contributed by atoms with Gasteiger partial charge in [0.05, 0.1) is 42.4 Å². The number of hydrogen-bond acceptors (Lipinski definition) is 6. The van der Waals surface area contributed by atoms with Crippen molar-refractivity contribution in [3.8, 4) is 16.9 Å². The van der Waals surface area contributed by atoms with Crippen molar-refractivity contribution in [3.05, 3.63) is 95.1 Å². The molecule has 3 aromatic heterocycles. The van der Waals surface area contributed by atoms with Crippen molar-refractivity contribution in [1.29, 1.82) is 0 Å². The van der Waals surface area contributed by atoms with Gasteiger partial charge in [-0.1, -0.05) is 76.1 Å². The number of aromatic nitrogens is 5. The molecule has 0 radical (unpaired) electrons. The molecular weight excluding hydrogens is 562 g/mol. The van der Waals surface area contributed by atoms with Crippen molar-refractivity contribution in [3.63, 3.8) is 0 Å². The minimum atomic E-state index is -0.628. The van der Waals surface area contributed by atoms with Crippen molar-refractivity contribution in [1.82, 2.24) is 24.5 Å². The van der Waals surface area contributed by atoms with Crippen LogP contribution in [0.1, 0.15) is 92.6 Å². The fraction of sp³-hybridized carbons (Fsp3) is 0.405. The number of benzene rings is 2. The smallest absolute Gasteiger partial charge is 0.292 e. The number of rotatable bonds is 8. The molecule has 45 heavy (non-hydrogen) atoms. The monoisotopic (exact) mass is 607 g/mol. The van der Waals surface area contributed by atoms with Crippen LogP contribution < -0.4 is 0 Å². The van der Waals surface area contributed by atoms with E-state index in [4.69, 9.17) is 20.0 Å². The molecule has 8 nitrogen and oxygen atoms in total. The Hall–Kier alpha value is -4.30. The summed E-state index contributed by atoms with van der Waals surface area (Å²) in [6.07, 6.45) is 6.46. The average Bonchev–Trinajstić information content (AvgIpc) is 3.62. The maximum atomic E-state index is 10.8. The molecule has 0 amide bonds. The highest BCUT2D eigenvalue weighted by atomic mass is 16.5.